The van der Waals surface area contributed by atoms with E-state index in [2.05, 4.69) is 435 Å². The second-order valence-electron chi connectivity index (χ2n) is 44.5. The number of aryl methyl sites for hydroxylation is 2. The zero-order valence-corrected chi connectivity index (χ0v) is 99.8. The number of aromatic nitrogens is 3. The number of ether oxygens (including phenoxy) is 5. The first-order valence-electron chi connectivity index (χ1n) is 54.5. The Kier molecular flexibility index (Phi) is 63.2. The number of benzene rings is 7. The molecule has 13 rings (SSSR count). The predicted molar refractivity (Wildman–Crippen MR) is 635 cm³/mol. The van der Waals surface area contributed by atoms with E-state index in [4.69, 9.17) is 18.9 Å². The van der Waals surface area contributed by atoms with Gasteiger partial charge in [-0.3, -0.25) is 9.47 Å². The molecule has 14 heteroatoms. The van der Waals surface area contributed by atoms with Gasteiger partial charge in [0, 0.05) is 56.5 Å². The Bertz CT molecular complexity index is 5160. The van der Waals surface area contributed by atoms with Gasteiger partial charge in [0.25, 0.3) is 0 Å². The van der Waals surface area contributed by atoms with E-state index < -0.39 is 13.8 Å². The third-order valence-electron chi connectivity index (χ3n) is 26.2. The number of H-pyrrole nitrogens is 1. The Morgan fingerprint density at radius 1 is 0.425 bits per heavy atom. The molecule has 2 aliphatic carbocycles. The Morgan fingerprint density at radius 3 is 1.19 bits per heavy atom. The van der Waals surface area contributed by atoms with Crippen molar-refractivity contribution < 1.29 is 38.1 Å². The number of rotatable bonds is 27. The molecule has 1 N–H and O–H groups in total. The summed E-state index contributed by atoms with van der Waals surface area (Å²) in [5.74, 6) is 9.96. The number of hydrogen-bond donors (Lipinski definition) is 1. The smallest absolute Gasteiger partial charge is 0.418 e. The summed E-state index contributed by atoms with van der Waals surface area (Å²) < 4.78 is 30.0. The van der Waals surface area contributed by atoms with Crippen molar-refractivity contribution in [1.82, 2.24) is 18.7 Å². The lowest BCUT2D eigenvalue weighted by Crippen LogP contribution is -2.51. The summed E-state index contributed by atoms with van der Waals surface area (Å²) in [6.45, 7) is 80.7. The zero-order valence-electron chi connectivity index (χ0n) is 98.8. The fourth-order valence-corrected chi connectivity index (χ4v) is 23.3. The van der Waals surface area contributed by atoms with Crippen LogP contribution in [0.5, 0.6) is 17.2 Å². The number of hydrogen-bond acceptors (Lipinski definition) is 10. The van der Waals surface area contributed by atoms with E-state index in [1.54, 1.807) is 44.0 Å². The minimum absolute atomic E-state index is 0.262. The number of aromatic amines is 1. The average molecular weight is 2010 g/mol. The number of piperidine rings is 1. The molecule has 1 aliphatic heterocycles. The molecule has 806 valence electrons. The number of ketones is 1. The number of carbonyl (C=O) groups is 3. The fourth-order valence-electron chi connectivity index (χ4n) is 16.8. The molecule has 10 aromatic rings. The van der Waals surface area contributed by atoms with Crippen LogP contribution in [0.25, 0.3) is 0 Å². The van der Waals surface area contributed by atoms with Crippen molar-refractivity contribution in [2.24, 2.45) is 11.8 Å². The van der Waals surface area contributed by atoms with Crippen molar-refractivity contribution in [2.75, 3.05) is 66.6 Å². The first-order chi connectivity index (χ1) is 68.7. The summed E-state index contributed by atoms with van der Waals surface area (Å²) in [4.78, 5) is 41.4. The number of nitrogens with one attached hydrogen (secondary N) is 1. The summed E-state index contributed by atoms with van der Waals surface area (Å²) in [6, 6.07) is 68.6. The van der Waals surface area contributed by atoms with Gasteiger partial charge in [-0.15, -0.1) is 0 Å². The van der Waals surface area contributed by atoms with Gasteiger partial charge in [0.15, 0.2) is 8.24 Å². The molecule has 146 heavy (non-hydrogen) atoms. The Balaban J connectivity index is 0.000000543. The van der Waals surface area contributed by atoms with Gasteiger partial charge in [-0.05, 0) is 332 Å². The van der Waals surface area contributed by atoms with Crippen molar-refractivity contribution >= 4 is 31.8 Å². The Hall–Kier alpha value is -10.7. The van der Waals surface area contributed by atoms with Crippen LogP contribution in [0.3, 0.4) is 0 Å². The van der Waals surface area contributed by atoms with E-state index >= 15 is 0 Å². The van der Waals surface area contributed by atoms with Crippen LogP contribution in [0.1, 0.15) is 410 Å². The number of methoxy groups -OCH3 is 3. The molecular weight excluding hydrogens is 1810 g/mol. The molecule has 0 radical (unpaired) electrons. The van der Waals surface area contributed by atoms with Crippen molar-refractivity contribution in [1.29, 1.82) is 0 Å². The number of carbonyl (C=O) groups excluding carboxylic acids is 3. The molecule has 13 nitrogen and oxygen atoms in total. The Labute approximate surface area is 892 Å². The third kappa shape index (κ3) is 51.3. The number of esters is 1. The maximum Gasteiger partial charge on any atom is 0.418 e. The molecule has 0 unspecified atom stereocenters. The molecule has 7 aromatic carbocycles. The maximum atomic E-state index is 11.8. The lowest BCUT2D eigenvalue weighted by atomic mass is 10.00. The summed E-state index contributed by atoms with van der Waals surface area (Å²) in [6.07, 6.45) is 29.5. The number of likely N-dealkylation sites (tertiary alicyclic amines) is 1. The van der Waals surface area contributed by atoms with Gasteiger partial charge in [-0.2, -0.15) is 0 Å². The molecule has 1 saturated heterocycles. The number of Topliss-reactive ketones (excluding diaryl/α,β-unsaturated/α-hetero) is 1. The molecule has 0 atom stereocenters. The standard InChI is InChI=1S/C16H25NO.C16H31NSi.C13H18O.C12H19NO2.C11H17N.C11H14O2.2C10H14O.C10H14.2C8H12.C7H11N/c1-14(2)15-6-8-16(9-7-15)18-13-12-17-10-4-3-5-11-17;1-12(2)16-9-10-17(11-16)18(13(3)4,14(5)6)15(7)8;1-10(2)13-8-6-12(7-9-13)5-4-11(3)14;1-9(2)10-7-6-8-13(10)11(14)15-12(3,4)5;1-9(2)10-5-7-11(8-6-10)12(3)4;1-8(2)9-4-6-10(7-5-9)11(12)13-3;1-8(2)9-4-6-10(11-3)7-5-9;1-8(2)9-5-4-6-10(7-9)11-3;1-8(2)10-6-4-9(3)5-7-10;2*1-7(2)8-5-3-4-6-8;1-6(2)7-4-3-5-8-7/h6-9,14H,3-5,10-13H2,1-2H3;9-15H,1-8H3;6-10H,4-5H2,1-3H3;6-9H,1-5H3;5-9H,1-4H3;4-8H,1-3H3;2*4-8H,1-3H3;4-8H,1-3H3;2*3,5-7H,4H2,1-2H3;3-6,8H,1-2H3. The molecule has 0 amide bonds. The van der Waals surface area contributed by atoms with Crippen LogP contribution in [0.2, 0.25) is 16.6 Å². The van der Waals surface area contributed by atoms with Gasteiger partial charge in [-0.25, -0.2) is 9.59 Å². The summed E-state index contributed by atoms with van der Waals surface area (Å²) in [7, 11) is 7.37. The molecule has 3 aromatic heterocycles. The van der Waals surface area contributed by atoms with Gasteiger partial charge in [0.1, 0.15) is 35.2 Å². The van der Waals surface area contributed by atoms with Crippen molar-refractivity contribution in [3.8, 4) is 17.2 Å². The van der Waals surface area contributed by atoms with Gasteiger partial charge in [0.05, 0.1) is 26.9 Å². The van der Waals surface area contributed by atoms with Crippen LogP contribution < -0.4 is 19.1 Å². The monoisotopic (exact) mass is 2010 g/mol. The lowest BCUT2D eigenvalue weighted by molar-refractivity contribution is -0.117. The highest BCUT2D eigenvalue weighted by molar-refractivity contribution is 6.82. The average Bonchev–Trinajstić information content (AvgIpc) is 1.58. The summed E-state index contributed by atoms with van der Waals surface area (Å²) >= 11 is 0. The topological polar surface area (TPSA) is 129 Å². The van der Waals surface area contributed by atoms with Crippen LogP contribution in [-0.4, -0.2) is 112 Å². The van der Waals surface area contributed by atoms with Crippen molar-refractivity contribution in [2.45, 2.75) is 369 Å². The summed E-state index contributed by atoms with van der Waals surface area (Å²) in [5.41, 5.74) is 22.5. The van der Waals surface area contributed by atoms with Gasteiger partial charge in [0.2, 0.25) is 0 Å². The van der Waals surface area contributed by atoms with Crippen LogP contribution >= 0.6 is 0 Å². The first kappa shape index (κ1) is 131. The molecule has 4 heterocycles. The molecule has 3 aliphatic rings. The summed E-state index contributed by atoms with van der Waals surface area (Å²) in [5, 5.41) is 0. The van der Waals surface area contributed by atoms with Crippen LogP contribution in [0, 0.1) is 18.8 Å². The van der Waals surface area contributed by atoms with E-state index in [9.17, 15) is 14.4 Å². The number of nitrogens with zero attached hydrogens (tertiary/aromatic N) is 4. The molecule has 0 saturated carbocycles. The second-order valence-corrected chi connectivity index (χ2v) is 50.2. The minimum atomic E-state index is -1.51. The normalized spacial score (nSPS) is 12.5. The third-order valence-corrected chi connectivity index (χ3v) is 32.9. The van der Waals surface area contributed by atoms with Crippen LogP contribution in [-0.2, 0) is 20.7 Å². The van der Waals surface area contributed by atoms with Crippen LogP contribution in [0.4, 0.5) is 10.5 Å². The Morgan fingerprint density at radius 2 is 0.849 bits per heavy atom. The highest BCUT2D eigenvalue weighted by Gasteiger charge is 2.45. The molecule has 0 spiro atoms. The highest BCUT2D eigenvalue weighted by Crippen LogP contribution is 2.43. The molecule has 0 bridgehead atoms. The molecule has 1 fully saturated rings. The van der Waals surface area contributed by atoms with Gasteiger partial charge >= 0.3 is 12.1 Å². The SMILES string of the molecule is CC(=O)CCc1ccc(C(C)C)cc1.CC(C)C1=CCC=C1.CC(C)C1=CCC=C1.CC(C)c1ccc(N(C)C)cc1.CC(C)c1ccc(OCCN2CCCCC2)cc1.CC(C)c1ccc[nH]1.CC(C)c1cccn1C(=O)OC(C)(C)C.CC(C)c1ccn([Si](C(C)C)(C(C)C)C(C)C)c1.COC(=O)c1ccc(C(C)C)cc1.COc1ccc(C(C)C)cc1.COc1cccc(C(C)C)c1.Cc1ccc(C(C)C)cc1. The highest BCUT2D eigenvalue weighted by atomic mass is 28.3. The van der Waals surface area contributed by atoms with E-state index in [0.29, 0.717) is 83.0 Å². The van der Waals surface area contributed by atoms with E-state index in [1.165, 1.54) is 118 Å². The minimum Gasteiger partial charge on any atom is -0.497 e. The van der Waals surface area contributed by atoms with Crippen molar-refractivity contribution in [3.63, 3.8) is 0 Å². The maximum absolute atomic E-state index is 11.8. The number of anilines is 1. The first-order valence-corrected chi connectivity index (χ1v) is 56.7. The van der Waals surface area contributed by atoms with Crippen LogP contribution in [0.15, 0.2) is 273 Å². The lowest BCUT2D eigenvalue weighted by Gasteiger charge is -2.44. The van der Waals surface area contributed by atoms with E-state index in [-0.39, 0.29) is 17.8 Å². The predicted octanol–water partition coefficient (Wildman–Crippen LogP) is 37.5. The largest absolute Gasteiger partial charge is 0.497 e. The van der Waals surface area contributed by atoms with E-state index in [1.807, 2.05) is 81.6 Å². The van der Waals surface area contributed by atoms with Gasteiger partial charge in [-0.1, -0.05) is 365 Å². The van der Waals surface area contributed by atoms with Crippen molar-refractivity contribution in [3.05, 3.63) is 345 Å². The zero-order chi connectivity index (χ0) is 110. The van der Waals surface area contributed by atoms with E-state index in [0.717, 1.165) is 72.0 Å². The quantitative estimate of drug-likeness (QED) is 0.0392. The molecular formula is C132H201N5O8Si. The second kappa shape index (κ2) is 70.3. The van der Waals surface area contributed by atoms with Gasteiger partial charge < -0.3 is 42.6 Å². The fraction of sp³-hybridized carbons (Fsp3) is 0.508. The number of allylic oxidation sites excluding steroid dienone is 8.